The zero-order chi connectivity index (χ0) is 23.4. The van der Waals surface area contributed by atoms with Crippen LogP contribution >= 0.6 is 11.8 Å². The molecule has 0 bridgehead atoms. The normalized spacial score (nSPS) is 10.5. The largest absolute Gasteiger partial charge is 0.495 e. The third-order valence-corrected chi connectivity index (χ3v) is 5.71. The summed E-state index contributed by atoms with van der Waals surface area (Å²) in [5.41, 5.74) is 2.80. The summed E-state index contributed by atoms with van der Waals surface area (Å²) in [4.78, 5) is 27.8. The van der Waals surface area contributed by atoms with E-state index in [9.17, 15) is 14.9 Å². The second kappa shape index (κ2) is 9.42. The minimum absolute atomic E-state index is 0.0561. The number of nitro benzene ring substituents is 1. The predicted octanol–water partition coefficient (Wildman–Crippen LogP) is 4.54. The second-order valence-corrected chi connectivity index (χ2v) is 7.80. The summed E-state index contributed by atoms with van der Waals surface area (Å²) < 4.78 is 7.31. The van der Waals surface area contributed by atoms with E-state index in [0.29, 0.717) is 38.9 Å². The summed E-state index contributed by atoms with van der Waals surface area (Å²) in [6.45, 7) is 0. The van der Waals surface area contributed by atoms with Crippen molar-refractivity contribution in [1.29, 1.82) is 5.26 Å². The number of ether oxygens (including phenoxy) is 1. The number of hydrogen-bond acceptors (Lipinski definition) is 7. The number of para-hydroxylation sites is 2. The molecule has 1 aromatic heterocycles. The average molecular weight is 459 g/mol. The Hall–Kier alpha value is -4.36. The number of benzene rings is 3. The molecule has 1 heterocycles. The van der Waals surface area contributed by atoms with E-state index in [1.807, 2.05) is 28.8 Å². The highest BCUT2D eigenvalue weighted by molar-refractivity contribution is 7.99. The molecule has 4 rings (SSSR count). The zero-order valence-corrected chi connectivity index (χ0v) is 18.2. The van der Waals surface area contributed by atoms with Gasteiger partial charge in [-0.1, -0.05) is 23.9 Å². The number of aromatic nitrogens is 2. The lowest BCUT2D eigenvalue weighted by atomic mass is 10.2. The topological polar surface area (TPSA) is 123 Å². The molecule has 0 aliphatic heterocycles. The third kappa shape index (κ3) is 4.63. The maximum atomic E-state index is 12.5. The Kier molecular flexibility index (Phi) is 6.24. The van der Waals surface area contributed by atoms with Crippen LogP contribution in [0.25, 0.3) is 16.7 Å². The van der Waals surface area contributed by atoms with Crippen LogP contribution in [0.5, 0.6) is 5.75 Å². The summed E-state index contributed by atoms with van der Waals surface area (Å²) in [6.07, 6.45) is 0. The van der Waals surface area contributed by atoms with Gasteiger partial charge in [-0.15, -0.1) is 0 Å². The van der Waals surface area contributed by atoms with Gasteiger partial charge in [-0.2, -0.15) is 5.26 Å². The average Bonchev–Trinajstić information content (AvgIpc) is 3.20. The summed E-state index contributed by atoms with van der Waals surface area (Å²) >= 11 is 1.20. The summed E-state index contributed by atoms with van der Waals surface area (Å²) in [6, 6.07) is 20.4. The van der Waals surface area contributed by atoms with Crippen molar-refractivity contribution in [3.8, 4) is 17.5 Å². The predicted molar refractivity (Wildman–Crippen MR) is 125 cm³/mol. The fraction of sp³-hybridized carbons (Fsp3) is 0.0870. The molecule has 0 aliphatic rings. The number of nitrogens with one attached hydrogen (secondary N) is 1. The van der Waals surface area contributed by atoms with Crippen molar-refractivity contribution in [2.75, 3.05) is 18.2 Å². The lowest BCUT2D eigenvalue weighted by Gasteiger charge is -2.13. The molecule has 1 amide bonds. The van der Waals surface area contributed by atoms with Crippen molar-refractivity contribution >= 4 is 40.1 Å². The van der Waals surface area contributed by atoms with E-state index in [4.69, 9.17) is 10.00 Å². The zero-order valence-electron chi connectivity index (χ0n) is 17.4. The van der Waals surface area contributed by atoms with E-state index in [2.05, 4.69) is 10.3 Å². The highest BCUT2D eigenvalue weighted by Gasteiger charge is 2.19. The van der Waals surface area contributed by atoms with Gasteiger partial charge in [0, 0.05) is 17.8 Å². The molecule has 0 saturated carbocycles. The molecule has 0 atom stereocenters. The van der Waals surface area contributed by atoms with E-state index in [1.54, 1.807) is 43.5 Å². The number of hydrogen-bond donors (Lipinski definition) is 1. The fourth-order valence-electron chi connectivity index (χ4n) is 3.26. The van der Waals surface area contributed by atoms with E-state index in [1.165, 1.54) is 23.9 Å². The number of anilines is 1. The number of carbonyl (C=O) groups is 1. The van der Waals surface area contributed by atoms with E-state index < -0.39 is 4.92 Å². The number of nitrogens with zero attached hydrogens (tertiary/aromatic N) is 4. The van der Waals surface area contributed by atoms with E-state index >= 15 is 0 Å². The van der Waals surface area contributed by atoms with Crippen molar-refractivity contribution in [2.45, 2.75) is 5.16 Å². The molecule has 0 unspecified atom stereocenters. The van der Waals surface area contributed by atoms with Crippen molar-refractivity contribution in [3.63, 3.8) is 0 Å². The minimum atomic E-state index is -0.473. The first-order valence-corrected chi connectivity index (χ1v) is 10.7. The van der Waals surface area contributed by atoms with E-state index in [-0.39, 0.29) is 17.3 Å². The van der Waals surface area contributed by atoms with Crippen LogP contribution in [0.2, 0.25) is 0 Å². The molecule has 164 valence electrons. The van der Waals surface area contributed by atoms with Crippen LogP contribution in [0.15, 0.2) is 71.9 Å². The number of methoxy groups -OCH3 is 1. The molecule has 0 saturated heterocycles. The third-order valence-electron chi connectivity index (χ3n) is 4.77. The Labute approximate surface area is 192 Å². The lowest BCUT2D eigenvalue weighted by molar-refractivity contribution is -0.384. The minimum Gasteiger partial charge on any atom is -0.495 e. The number of non-ortho nitro benzene ring substituents is 1. The Bertz CT molecular complexity index is 1390. The molecule has 3 aromatic carbocycles. The Morgan fingerprint density at radius 2 is 1.97 bits per heavy atom. The number of amides is 1. The molecule has 1 N–H and O–H groups in total. The van der Waals surface area contributed by atoms with Gasteiger partial charge in [0.15, 0.2) is 5.16 Å². The van der Waals surface area contributed by atoms with Crippen molar-refractivity contribution < 1.29 is 14.5 Å². The van der Waals surface area contributed by atoms with Gasteiger partial charge in [-0.05, 0) is 42.5 Å². The fourth-order valence-corrected chi connectivity index (χ4v) is 4.08. The van der Waals surface area contributed by atoms with Crippen LogP contribution in [0.3, 0.4) is 0 Å². The highest BCUT2D eigenvalue weighted by atomic mass is 32.2. The molecular weight excluding hydrogens is 442 g/mol. The quantitative estimate of drug-likeness (QED) is 0.244. The summed E-state index contributed by atoms with van der Waals surface area (Å²) in [5.74, 6) is 0.397. The Morgan fingerprint density at radius 3 is 2.67 bits per heavy atom. The number of thioether (sulfide) groups is 1. The first-order valence-electron chi connectivity index (χ1n) is 9.73. The number of carbonyl (C=O) groups excluding carboxylic acids is 1. The first kappa shape index (κ1) is 21.9. The van der Waals surface area contributed by atoms with Gasteiger partial charge >= 0.3 is 0 Å². The van der Waals surface area contributed by atoms with Gasteiger partial charge in [-0.3, -0.25) is 19.5 Å². The van der Waals surface area contributed by atoms with Crippen LogP contribution in [-0.4, -0.2) is 33.2 Å². The monoisotopic (exact) mass is 459 g/mol. The maximum Gasteiger partial charge on any atom is 0.271 e. The molecule has 9 nitrogen and oxygen atoms in total. The smallest absolute Gasteiger partial charge is 0.271 e. The Morgan fingerprint density at radius 1 is 1.21 bits per heavy atom. The number of nitriles is 1. The molecule has 33 heavy (non-hydrogen) atoms. The van der Waals surface area contributed by atoms with Crippen molar-refractivity contribution in [3.05, 3.63) is 82.4 Å². The lowest BCUT2D eigenvalue weighted by Crippen LogP contribution is -2.14. The van der Waals surface area contributed by atoms with Crippen molar-refractivity contribution in [2.24, 2.45) is 0 Å². The molecule has 0 radical (unpaired) electrons. The van der Waals surface area contributed by atoms with Crippen molar-refractivity contribution in [1.82, 2.24) is 9.55 Å². The first-order chi connectivity index (χ1) is 16.0. The van der Waals surface area contributed by atoms with Crippen LogP contribution in [0, 0.1) is 21.4 Å². The van der Waals surface area contributed by atoms with Gasteiger partial charge in [0.25, 0.3) is 5.69 Å². The summed E-state index contributed by atoms with van der Waals surface area (Å²) in [7, 11) is 1.56. The van der Waals surface area contributed by atoms with Crippen LogP contribution in [0.4, 0.5) is 11.4 Å². The Balaban J connectivity index is 1.66. The molecule has 10 heteroatoms. The molecular formula is C23H17N5O4S. The number of imidazole rings is 1. The molecule has 4 aromatic rings. The number of rotatable bonds is 7. The van der Waals surface area contributed by atoms with Gasteiger partial charge in [-0.25, -0.2) is 4.98 Å². The van der Waals surface area contributed by atoms with Gasteiger partial charge in [0.2, 0.25) is 5.91 Å². The van der Waals surface area contributed by atoms with Gasteiger partial charge in [0.1, 0.15) is 5.75 Å². The molecule has 0 fully saturated rings. The molecule has 0 aliphatic carbocycles. The second-order valence-electron chi connectivity index (χ2n) is 6.86. The van der Waals surface area contributed by atoms with E-state index in [0.717, 1.165) is 0 Å². The molecule has 0 spiro atoms. The van der Waals surface area contributed by atoms with Crippen LogP contribution in [0.1, 0.15) is 5.56 Å². The maximum absolute atomic E-state index is 12.5. The number of fused-ring (bicyclic) bond motifs is 1. The van der Waals surface area contributed by atoms with Gasteiger partial charge in [0.05, 0.1) is 46.1 Å². The number of nitro groups is 1. The summed E-state index contributed by atoms with van der Waals surface area (Å²) in [5, 5.41) is 23.4. The standard InChI is InChI=1S/C23H17N5O4S/c1-32-21-5-3-2-4-20(21)27-19-11-10-17(28(30)31)12-18(19)26-23(27)33-14-22(29)25-16-8-6-15(13-24)7-9-16/h2-12H,14H2,1H3,(H,25,29). The highest BCUT2D eigenvalue weighted by Crippen LogP contribution is 2.33. The van der Waals surface area contributed by atoms with Crippen LogP contribution < -0.4 is 10.1 Å². The SMILES string of the molecule is COc1ccccc1-n1c(SCC(=O)Nc2ccc(C#N)cc2)nc2cc([N+](=O)[O-])ccc21. The van der Waals surface area contributed by atoms with Gasteiger partial charge < -0.3 is 10.1 Å². The van der Waals surface area contributed by atoms with Crippen LogP contribution in [-0.2, 0) is 4.79 Å².